The number of benzene rings is 1. The van der Waals surface area contributed by atoms with Gasteiger partial charge < -0.3 is 5.11 Å². The minimum absolute atomic E-state index is 0.163. The number of hydrogen-bond donors (Lipinski definition) is 2. The Bertz CT molecular complexity index is 530. The van der Waals surface area contributed by atoms with Gasteiger partial charge in [0.25, 0.3) is 0 Å². The Balaban J connectivity index is 2.87. The molecule has 0 amide bonds. The normalized spacial score (nSPS) is 13.2. The Morgan fingerprint density at radius 3 is 2.47 bits per heavy atom. The van der Waals surface area contributed by atoms with Crippen LogP contribution in [0.3, 0.4) is 0 Å². The molecule has 106 valence electrons. The van der Waals surface area contributed by atoms with E-state index in [9.17, 15) is 17.6 Å². The van der Waals surface area contributed by atoms with E-state index >= 15 is 0 Å². The van der Waals surface area contributed by atoms with Crippen LogP contribution in [0.5, 0.6) is 0 Å². The molecule has 0 aliphatic heterocycles. The molecule has 5 nitrogen and oxygen atoms in total. The van der Waals surface area contributed by atoms with Crippen molar-refractivity contribution in [3.8, 4) is 0 Å². The second-order valence-corrected chi connectivity index (χ2v) is 6.45. The number of carbonyl (C=O) groups is 1. The lowest BCUT2D eigenvalue weighted by atomic mass is 10.2. The van der Waals surface area contributed by atoms with E-state index < -0.39 is 27.9 Å². The zero-order valence-electron chi connectivity index (χ0n) is 10.2. The summed E-state index contributed by atoms with van der Waals surface area (Å²) in [5, 5.41) is 8.96. The number of rotatable bonds is 7. The number of carboxylic acid groups (broad SMARTS) is 1. The highest BCUT2D eigenvalue weighted by molar-refractivity contribution is 7.98. The average Bonchev–Trinajstić information content (AvgIpc) is 2.34. The zero-order chi connectivity index (χ0) is 14.5. The molecule has 1 aromatic rings. The summed E-state index contributed by atoms with van der Waals surface area (Å²) in [5.74, 6) is -1.28. The first kappa shape index (κ1) is 15.9. The number of carboxylic acids is 1. The van der Waals surface area contributed by atoms with Gasteiger partial charge >= 0.3 is 5.97 Å². The second kappa shape index (κ2) is 6.88. The van der Waals surface area contributed by atoms with Gasteiger partial charge in [0.05, 0.1) is 4.90 Å². The fourth-order valence-corrected chi connectivity index (χ4v) is 3.03. The minimum atomic E-state index is -3.96. The molecule has 8 heteroatoms. The van der Waals surface area contributed by atoms with Gasteiger partial charge in [0.2, 0.25) is 10.0 Å². The van der Waals surface area contributed by atoms with Crippen molar-refractivity contribution in [2.24, 2.45) is 0 Å². The molecule has 0 saturated heterocycles. The molecule has 0 saturated carbocycles. The van der Waals surface area contributed by atoms with Gasteiger partial charge in [-0.1, -0.05) is 0 Å². The third-order valence-corrected chi connectivity index (χ3v) is 4.46. The van der Waals surface area contributed by atoms with E-state index in [1.807, 2.05) is 0 Å². The van der Waals surface area contributed by atoms with Crippen molar-refractivity contribution in [3.05, 3.63) is 30.1 Å². The molecule has 1 atom stereocenters. The Morgan fingerprint density at radius 1 is 1.42 bits per heavy atom. The molecule has 0 heterocycles. The zero-order valence-corrected chi connectivity index (χ0v) is 11.8. The molecule has 0 aliphatic carbocycles. The molecule has 0 bridgehead atoms. The number of thioether (sulfide) groups is 1. The van der Waals surface area contributed by atoms with Gasteiger partial charge in [0, 0.05) is 0 Å². The van der Waals surface area contributed by atoms with Crippen LogP contribution in [0.1, 0.15) is 6.42 Å². The summed E-state index contributed by atoms with van der Waals surface area (Å²) in [6, 6.07) is 3.00. The maximum Gasteiger partial charge on any atom is 0.321 e. The van der Waals surface area contributed by atoms with Crippen molar-refractivity contribution < 1.29 is 22.7 Å². The predicted molar refractivity (Wildman–Crippen MR) is 71.1 cm³/mol. The van der Waals surface area contributed by atoms with Gasteiger partial charge in [-0.3, -0.25) is 4.79 Å². The second-order valence-electron chi connectivity index (χ2n) is 3.75. The number of nitrogens with one attached hydrogen (secondary N) is 1. The molecule has 0 fully saturated rings. The molecular weight excluding hydrogens is 293 g/mol. The highest BCUT2D eigenvalue weighted by Crippen LogP contribution is 2.11. The molecule has 0 spiro atoms. The largest absolute Gasteiger partial charge is 0.480 e. The summed E-state index contributed by atoms with van der Waals surface area (Å²) in [5.41, 5.74) is 0. The van der Waals surface area contributed by atoms with E-state index in [1.165, 1.54) is 11.8 Å². The van der Waals surface area contributed by atoms with Crippen LogP contribution in [-0.2, 0) is 14.8 Å². The lowest BCUT2D eigenvalue weighted by Crippen LogP contribution is -2.41. The van der Waals surface area contributed by atoms with Crippen molar-refractivity contribution in [2.75, 3.05) is 12.0 Å². The summed E-state index contributed by atoms with van der Waals surface area (Å²) in [6.45, 7) is 0. The van der Waals surface area contributed by atoms with Crippen molar-refractivity contribution in [1.29, 1.82) is 0 Å². The summed E-state index contributed by atoms with van der Waals surface area (Å²) >= 11 is 1.42. The lowest BCUT2D eigenvalue weighted by Gasteiger charge is -2.14. The van der Waals surface area contributed by atoms with Crippen molar-refractivity contribution >= 4 is 27.8 Å². The molecule has 1 rings (SSSR count). The van der Waals surface area contributed by atoms with Gasteiger partial charge in [0.1, 0.15) is 11.9 Å². The molecule has 0 unspecified atom stereocenters. The molecule has 1 aromatic carbocycles. The molecule has 0 radical (unpaired) electrons. The van der Waals surface area contributed by atoms with E-state index in [2.05, 4.69) is 4.72 Å². The Labute approximate surface area is 115 Å². The molecule has 19 heavy (non-hydrogen) atoms. The first-order valence-electron chi connectivity index (χ1n) is 5.36. The van der Waals surface area contributed by atoms with Crippen LogP contribution in [0.2, 0.25) is 0 Å². The monoisotopic (exact) mass is 307 g/mol. The van der Waals surface area contributed by atoms with Crippen LogP contribution in [0.15, 0.2) is 29.2 Å². The van der Waals surface area contributed by atoms with Crippen LogP contribution < -0.4 is 4.72 Å². The standard InChI is InChI=1S/C11H14FNO4S2/c1-18-7-6-10(11(14)15)13-19(16,17)9-4-2-8(12)3-5-9/h2-5,10,13H,6-7H2,1H3,(H,14,15)/t10-/m0/s1. The number of aliphatic carboxylic acids is 1. The Kier molecular flexibility index (Phi) is 5.77. The first-order chi connectivity index (χ1) is 8.86. The fourth-order valence-electron chi connectivity index (χ4n) is 1.34. The third-order valence-electron chi connectivity index (χ3n) is 2.33. The highest BCUT2D eigenvalue weighted by Gasteiger charge is 2.24. The summed E-state index contributed by atoms with van der Waals surface area (Å²) < 4.78 is 38.7. The molecule has 0 aliphatic rings. The topological polar surface area (TPSA) is 83.5 Å². The minimum Gasteiger partial charge on any atom is -0.480 e. The van der Waals surface area contributed by atoms with E-state index in [4.69, 9.17) is 5.11 Å². The van der Waals surface area contributed by atoms with Crippen molar-refractivity contribution in [1.82, 2.24) is 4.72 Å². The van der Waals surface area contributed by atoms with Gasteiger partial charge in [-0.2, -0.15) is 16.5 Å². The third kappa shape index (κ3) is 4.81. The smallest absolute Gasteiger partial charge is 0.321 e. The summed E-state index contributed by atoms with van der Waals surface area (Å²) in [4.78, 5) is 10.8. The van der Waals surface area contributed by atoms with Crippen LogP contribution in [0, 0.1) is 5.82 Å². The fraction of sp³-hybridized carbons (Fsp3) is 0.364. The van der Waals surface area contributed by atoms with Crippen LogP contribution in [-0.4, -0.2) is 37.5 Å². The number of hydrogen-bond acceptors (Lipinski definition) is 4. The lowest BCUT2D eigenvalue weighted by molar-refractivity contribution is -0.139. The summed E-state index contributed by atoms with van der Waals surface area (Å²) in [6.07, 6.45) is 1.98. The predicted octanol–water partition coefficient (Wildman–Crippen LogP) is 1.31. The van der Waals surface area contributed by atoms with E-state index in [0.717, 1.165) is 24.3 Å². The molecular formula is C11H14FNO4S2. The van der Waals surface area contributed by atoms with Crippen LogP contribution >= 0.6 is 11.8 Å². The van der Waals surface area contributed by atoms with E-state index in [0.29, 0.717) is 5.75 Å². The van der Waals surface area contributed by atoms with Crippen molar-refractivity contribution in [3.63, 3.8) is 0 Å². The summed E-state index contributed by atoms with van der Waals surface area (Å²) in [7, 11) is -3.96. The van der Waals surface area contributed by atoms with E-state index in [1.54, 1.807) is 6.26 Å². The van der Waals surface area contributed by atoms with Gasteiger partial charge in [0.15, 0.2) is 0 Å². The quantitative estimate of drug-likeness (QED) is 0.793. The molecule has 0 aromatic heterocycles. The Morgan fingerprint density at radius 2 is 2.00 bits per heavy atom. The van der Waals surface area contributed by atoms with E-state index in [-0.39, 0.29) is 11.3 Å². The van der Waals surface area contributed by atoms with Gasteiger partial charge in [-0.15, -0.1) is 0 Å². The van der Waals surface area contributed by atoms with Crippen LogP contribution in [0.25, 0.3) is 0 Å². The number of halogens is 1. The SMILES string of the molecule is CSCC[C@H](NS(=O)(=O)c1ccc(F)cc1)C(=O)O. The maximum absolute atomic E-state index is 12.7. The first-order valence-corrected chi connectivity index (χ1v) is 8.24. The maximum atomic E-state index is 12.7. The average molecular weight is 307 g/mol. The van der Waals surface area contributed by atoms with Gasteiger partial charge in [-0.05, 0) is 42.7 Å². The number of sulfonamides is 1. The molecule has 2 N–H and O–H groups in total. The Hall–Kier alpha value is -1.12. The highest BCUT2D eigenvalue weighted by atomic mass is 32.2. The van der Waals surface area contributed by atoms with Crippen LogP contribution in [0.4, 0.5) is 4.39 Å². The van der Waals surface area contributed by atoms with Crippen molar-refractivity contribution in [2.45, 2.75) is 17.4 Å². The van der Waals surface area contributed by atoms with Gasteiger partial charge in [-0.25, -0.2) is 12.8 Å².